The molecule has 1 heterocycles. The van der Waals surface area contributed by atoms with Crippen LogP contribution in [0.15, 0.2) is 103 Å². The van der Waals surface area contributed by atoms with Gasteiger partial charge in [-0.15, -0.1) is 0 Å². The number of carboxylic acids is 1. The molecule has 5 nitrogen and oxygen atoms in total. The fourth-order valence-corrected chi connectivity index (χ4v) is 5.93. The molecule has 0 aliphatic heterocycles. The zero-order valence-electron chi connectivity index (χ0n) is 22.6. The molecule has 5 aromatic rings. The third-order valence-electron chi connectivity index (χ3n) is 7.90. The third kappa shape index (κ3) is 5.79. The van der Waals surface area contributed by atoms with Gasteiger partial charge in [0.15, 0.2) is 0 Å². The van der Waals surface area contributed by atoms with Crippen molar-refractivity contribution in [1.82, 2.24) is 9.55 Å². The van der Waals surface area contributed by atoms with Crippen molar-refractivity contribution in [3.8, 4) is 17.1 Å². The van der Waals surface area contributed by atoms with E-state index < -0.39 is 5.97 Å². The van der Waals surface area contributed by atoms with Gasteiger partial charge in [0, 0.05) is 24.4 Å². The van der Waals surface area contributed by atoms with Gasteiger partial charge in [0.25, 0.3) is 0 Å². The molecule has 1 N–H and O–H groups in total. The number of nitrogens with zero attached hydrogens (tertiary/aromatic N) is 2. The average molecular weight is 531 g/mol. The van der Waals surface area contributed by atoms with E-state index >= 15 is 0 Å². The van der Waals surface area contributed by atoms with Crippen LogP contribution in [0.1, 0.15) is 59.6 Å². The first-order chi connectivity index (χ1) is 19.6. The van der Waals surface area contributed by atoms with E-state index in [4.69, 9.17) is 9.72 Å². The first-order valence-corrected chi connectivity index (χ1v) is 14.2. The minimum Gasteiger partial charge on any atom is -0.490 e. The van der Waals surface area contributed by atoms with Crippen molar-refractivity contribution in [3.05, 3.63) is 120 Å². The van der Waals surface area contributed by atoms with Crippen LogP contribution in [0.25, 0.3) is 22.4 Å². The van der Waals surface area contributed by atoms with Gasteiger partial charge in [-0.1, -0.05) is 79.9 Å². The van der Waals surface area contributed by atoms with Crippen LogP contribution in [0.5, 0.6) is 5.75 Å². The van der Waals surface area contributed by atoms with Gasteiger partial charge in [0.2, 0.25) is 0 Å². The number of ether oxygens (including phenoxy) is 1. The van der Waals surface area contributed by atoms with Gasteiger partial charge in [0.1, 0.15) is 17.7 Å². The number of imidazole rings is 1. The summed E-state index contributed by atoms with van der Waals surface area (Å²) in [7, 11) is 0. The van der Waals surface area contributed by atoms with Crippen molar-refractivity contribution in [3.63, 3.8) is 0 Å². The molecule has 202 valence electrons. The zero-order valence-corrected chi connectivity index (χ0v) is 22.6. The van der Waals surface area contributed by atoms with Crippen LogP contribution in [0, 0.1) is 0 Å². The molecule has 1 aliphatic rings. The summed E-state index contributed by atoms with van der Waals surface area (Å²) < 4.78 is 8.91. The highest BCUT2D eigenvalue weighted by atomic mass is 16.5. The van der Waals surface area contributed by atoms with Gasteiger partial charge >= 0.3 is 5.97 Å². The average Bonchev–Trinajstić information content (AvgIpc) is 3.38. The van der Waals surface area contributed by atoms with Gasteiger partial charge in [-0.25, -0.2) is 9.78 Å². The molecule has 5 heteroatoms. The maximum absolute atomic E-state index is 11.6. The molecule has 0 amide bonds. The molecule has 1 saturated carbocycles. The normalized spacial score (nSPS) is 14.0. The van der Waals surface area contributed by atoms with E-state index in [0.717, 1.165) is 53.9 Å². The predicted octanol–water partition coefficient (Wildman–Crippen LogP) is 8.14. The van der Waals surface area contributed by atoms with E-state index in [2.05, 4.69) is 65.2 Å². The number of aromatic nitrogens is 2. The number of fused-ring (bicyclic) bond motifs is 1. The van der Waals surface area contributed by atoms with E-state index in [1.165, 1.54) is 30.4 Å². The highest BCUT2D eigenvalue weighted by molar-refractivity contribution is 5.93. The van der Waals surface area contributed by atoms with Crippen LogP contribution < -0.4 is 4.74 Å². The maximum Gasteiger partial charge on any atom is 0.335 e. The molecule has 40 heavy (non-hydrogen) atoms. The largest absolute Gasteiger partial charge is 0.490 e. The van der Waals surface area contributed by atoms with Crippen LogP contribution in [0.2, 0.25) is 0 Å². The molecule has 6 rings (SSSR count). The summed E-state index contributed by atoms with van der Waals surface area (Å²) in [4.78, 5) is 16.6. The number of aromatic carboxylic acids is 1. The second-order valence-corrected chi connectivity index (χ2v) is 10.7. The fraction of sp³-hybridized carbons (Fsp3) is 0.257. The van der Waals surface area contributed by atoms with E-state index in [0.29, 0.717) is 6.04 Å². The van der Waals surface area contributed by atoms with Crippen molar-refractivity contribution in [2.45, 2.75) is 57.1 Å². The van der Waals surface area contributed by atoms with Crippen molar-refractivity contribution >= 4 is 17.0 Å². The molecule has 0 spiro atoms. The number of carboxylic acid groups (broad SMARTS) is 1. The van der Waals surface area contributed by atoms with Crippen LogP contribution in [0.4, 0.5) is 0 Å². The number of hydrogen-bond donors (Lipinski definition) is 1. The minimum atomic E-state index is -0.933. The van der Waals surface area contributed by atoms with E-state index in [1.54, 1.807) is 12.1 Å². The highest BCUT2D eigenvalue weighted by Crippen LogP contribution is 2.36. The lowest BCUT2D eigenvalue weighted by atomic mass is 9.95. The topological polar surface area (TPSA) is 64.3 Å². The Labute approximate surface area is 235 Å². The minimum absolute atomic E-state index is 0.00287. The Morgan fingerprint density at radius 2 is 1.45 bits per heavy atom. The second-order valence-electron chi connectivity index (χ2n) is 10.7. The van der Waals surface area contributed by atoms with Gasteiger partial charge in [-0.05, 0) is 66.4 Å². The predicted molar refractivity (Wildman–Crippen MR) is 159 cm³/mol. The third-order valence-corrected chi connectivity index (χ3v) is 7.90. The number of hydrogen-bond acceptors (Lipinski definition) is 3. The Morgan fingerprint density at radius 3 is 2.05 bits per heavy atom. The van der Waals surface area contributed by atoms with Gasteiger partial charge in [-0.2, -0.15) is 0 Å². The first kappa shape index (κ1) is 25.9. The molecule has 1 aromatic heterocycles. The summed E-state index contributed by atoms with van der Waals surface area (Å²) >= 11 is 0. The molecule has 0 atom stereocenters. The molecule has 0 bridgehead atoms. The number of rotatable bonds is 9. The highest BCUT2D eigenvalue weighted by Gasteiger charge is 2.23. The Balaban J connectivity index is 1.30. The lowest BCUT2D eigenvalue weighted by molar-refractivity contribution is 0.0697. The first-order valence-electron chi connectivity index (χ1n) is 14.2. The van der Waals surface area contributed by atoms with Crippen molar-refractivity contribution < 1.29 is 14.6 Å². The smallest absolute Gasteiger partial charge is 0.335 e. The summed E-state index contributed by atoms with van der Waals surface area (Å²) in [5, 5.41) is 9.53. The van der Waals surface area contributed by atoms with Gasteiger partial charge in [-0.3, -0.25) is 0 Å². The molecule has 4 aromatic carbocycles. The Kier molecular flexibility index (Phi) is 7.62. The Hall–Kier alpha value is -4.38. The summed E-state index contributed by atoms with van der Waals surface area (Å²) in [5.41, 5.74) is 5.50. The molecular formula is C35H34N2O3. The van der Waals surface area contributed by atoms with Crippen LogP contribution in [-0.2, 0) is 12.8 Å². The Bertz CT molecular complexity index is 1530. The monoisotopic (exact) mass is 530 g/mol. The SMILES string of the molecule is O=C(O)c1ccc2c(c1)nc(-c1ccc(OC(Cc3ccccc3)Cc3ccccc3)cc1)n2C1CCCCC1. The molecule has 0 unspecified atom stereocenters. The fourth-order valence-electron chi connectivity index (χ4n) is 5.93. The molecule has 1 fully saturated rings. The zero-order chi connectivity index (χ0) is 27.3. The number of carbonyl (C=O) groups is 1. The maximum atomic E-state index is 11.6. The quantitative estimate of drug-likeness (QED) is 0.209. The van der Waals surface area contributed by atoms with Gasteiger partial charge in [0.05, 0.1) is 16.6 Å². The van der Waals surface area contributed by atoms with E-state index in [9.17, 15) is 9.90 Å². The lowest BCUT2D eigenvalue weighted by Gasteiger charge is -2.26. The summed E-state index contributed by atoms with van der Waals surface area (Å²) in [6.07, 6.45) is 7.53. The van der Waals surface area contributed by atoms with Gasteiger partial charge < -0.3 is 14.4 Å². The molecule has 0 saturated heterocycles. The summed E-state index contributed by atoms with van der Waals surface area (Å²) in [5.74, 6) is 0.785. The van der Waals surface area contributed by atoms with Crippen LogP contribution in [0.3, 0.4) is 0 Å². The second kappa shape index (κ2) is 11.8. The van der Waals surface area contributed by atoms with E-state index in [-0.39, 0.29) is 11.7 Å². The standard InChI is InChI=1S/C35H34N2O3/c38-35(39)28-18-21-33-32(24-28)36-34(37(33)29-14-8-3-9-15-29)27-16-19-30(20-17-27)40-31(22-25-10-4-1-5-11-25)23-26-12-6-2-7-13-26/h1-2,4-7,10-13,16-21,24,29,31H,3,8-9,14-15,22-23H2,(H,38,39). The van der Waals surface area contributed by atoms with Crippen LogP contribution >= 0.6 is 0 Å². The lowest BCUT2D eigenvalue weighted by Crippen LogP contribution is -2.22. The van der Waals surface area contributed by atoms with Crippen molar-refractivity contribution in [2.24, 2.45) is 0 Å². The van der Waals surface area contributed by atoms with E-state index in [1.807, 2.05) is 30.3 Å². The molecular weight excluding hydrogens is 496 g/mol. The number of benzene rings is 4. The molecule has 1 aliphatic carbocycles. The summed E-state index contributed by atoms with van der Waals surface area (Å²) in [6.45, 7) is 0. The summed E-state index contributed by atoms with van der Waals surface area (Å²) in [6, 6.07) is 34.8. The van der Waals surface area contributed by atoms with Crippen molar-refractivity contribution in [2.75, 3.05) is 0 Å². The molecule has 0 radical (unpaired) electrons. The van der Waals surface area contributed by atoms with Crippen LogP contribution in [-0.4, -0.2) is 26.7 Å². The Morgan fingerprint density at radius 1 is 0.825 bits per heavy atom. The van der Waals surface area contributed by atoms with Crippen molar-refractivity contribution in [1.29, 1.82) is 0 Å².